The van der Waals surface area contributed by atoms with E-state index in [0.29, 0.717) is 12.4 Å². The van der Waals surface area contributed by atoms with Crippen molar-refractivity contribution in [3.05, 3.63) is 48.9 Å². The second-order valence-electron chi connectivity index (χ2n) is 6.99. The summed E-state index contributed by atoms with van der Waals surface area (Å²) in [5.41, 5.74) is 1.74. The highest BCUT2D eigenvalue weighted by Crippen LogP contribution is 2.22. The van der Waals surface area contributed by atoms with Gasteiger partial charge in [0, 0.05) is 18.2 Å². The summed E-state index contributed by atoms with van der Waals surface area (Å²) in [6, 6.07) is 8.61. The second kappa shape index (κ2) is 8.35. The maximum absolute atomic E-state index is 5.87. The fraction of sp³-hybridized carbons (Fsp3) is 0.450. The lowest BCUT2D eigenvalue weighted by Crippen LogP contribution is -2.28. The molecule has 2 aromatic heterocycles. The predicted molar refractivity (Wildman–Crippen MR) is 101 cm³/mol. The summed E-state index contributed by atoms with van der Waals surface area (Å²) in [6.07, 6.45) is 8.52. The van der Waals surface area contributed by atoms with Crippen LogP contribution in [0.1, 0.15) is 31.9 Å². The normalized spacial score (nSPS) is 17.4. The van der Waals surface area contributed by atoms with Gasteiger partial charge in [-0.25, -0.2) is 14.6 Å². The third-order valence-corrected chi connectivity index (χ3v) is 4.99. The maximum Gasteiger partial charge on any atom is 0.226 e. The van der Waals surface area contributed by atoms with Gasteiger partial charge >= 0.3 is 0 Å². The largest absolute Gasteiger partial charge is 0.494 e. The minimum atomic E-state index is 0.542. The van der Waals surface area contributed by atoms with Crippen LogP contribution in [0, 0.1) is 0 Å². The average Bonchev–Trinajstić information content (AvgIpc) is 3.43. The van der Waals surface area contributed by atoms with E-state index in [2.05, 4.69) is 26.9 Å². The Bertz CT molecular complexity index is 828. The summed E-state index contributed by atoms with van der Waals surface area (Å²) in [5, 5.41) is 4.07. The molecule has 0 bridgehead atoms. The van der Waals surface area contributed by atoms with E-state index < -0.39 is 0 Å². The monoisotopic (exact) mass is 367 g/mol. The van der Waals surface area contributed by atoms with Gasteiger partial charge in [0.1, 0.15) is 30.4 Å². The van der Waals surface area contributed by atoms with E-state index in [9.17, 15) is 0 Å². The molecule has 0 radical (unpaired) electrons. The van der Waals surface area contributed by atoms with Crippen molar-refractivity contribution >= 4 is 0 Å². The van der Waals surface area contributed by atoms with Crippen LogP contribution in [0.25, 0.3) is 11.5 Å². The number of hydrogen-bond donors (Lipinski definition) is 0. The zero-order valence-electron chi connectivity index (χ0n) is 15.6. The molecule has 1 aliphatic heterocycles. The van der Waals surface area contributed by atoms with Gasteiger partial charge in [-0.3, -0.25) is 0 Å². The smallest absolute Gasteiger partial charge is 0.226 e. The van der Waals surface area contributed by atoms with Crippen LogP contribution in [-0.2, 0) is 6.54 Å². The van der Waals surface area contributed by atoms with Crippen LogP contribution >= 0.6 is 0 Å². The summed E-state index contributed by atoms with van der Waals surface area (Å²) in [6.45, 7) is 5.94. The minimum Gasteiger partial charge on any atom is -0.494 e. The third-order valence-electron chi connectivity index (χ3n) is 4.99. The molecule has 1 saturated heterocycles. The SMILES string of the molecule is CC1CCCN1CCCOc1ccc(-c2nc(Cn3cncn3)co2)cc1. The Hall–Kier alpha value is -2.67. The first kappa shape index (κ1) is 17.7. The molecule has 7 heteroatoms. The number of benzene rings is 1. The van der Waals surface area contributed by atoms with E-state index in [0.717, 1.165) is 42.6 Å². The molecule has 27 heavy (non-hydrogen) atoms. The van der Waals surface area contributed by atoms with Crippen molar-refractivity contribution in [2.75, 3.05) is 19.7 Å². The summed E-state index contributed by atoms with van der Waals surface area (Å²) in [5.74, 6) is 1.47. The molecule has 0 N–H and O–H groups in total. The number of oxazole rings is 1. The molecule has 0 amide bonds. The maximum atomic E-state index is 5.87. The second-order valence-corrected chi connectivity index (χ2v) is 6.99. The zero-order chi connectivity index (χ0) is 18.5. The average molecular weight is 367 g/mol. The first-order valence-electron chi connectivity index (χ1n) is 9.52. The molecule has 142 valence electrons. The van der Waals surface area contributed by atoms with Gasteiger partial charge in [-0.2, -0.15) is 5.10 Å². The first-order chi connectivity index (χ1) is 13.3. The van der Waals surface area contributed by atoms with E-state index in [1.54, 1.807) is 17.3 Å². The lowest BCUT2D eigenvalue weighted by atomic mass is 10.2. The number of ether oxygens (including phenoxy) is 1. The Morgan fingerprint density at radius 2 is 2.15 bits per heavy atom. The third kappa shape index (κ3) is 4.54. The van der Waals surface area contributed by atoms with E-state index in [1.807, 2.05) is 24.3 Å². The van der Waals surface area contributed by atoms with Crippen molar-refractivity contribution in [3.63, 3.8) is 0 Å². The minimum absolute atomic E-state index is 0.542. The highest BCUT2D eigenvalue weighted by atomic mass is 16.5. The number of hydrogen-bond acceptors (Lipinski definition) is 6. The Morgan fingerprint density at radius 3 is 2.89 bits per heavy atom. The van der Waals surface area contributed by atoms with Crippen molar-refractivity contribution in [2.24, 2.45) is 0 Å². The van der Waals surface area contributed by atoms with Crippen LogP contribution in [0.2, 0.25) is 0 Å². The predicted octanol–water partition coefficient (Wildman–Crippen LogP) is 3.23. The fourth-order valence-electron chi connectivity index (χ4n) is 3.47. The van der Waals surface area contributed by atoms with Crippen LogP contribution in [0.15, 0.2) is 47.6 Å². The fourth-order valence-corrected chi connectivity index (χ4v) is 3.47. The lowest BCUT2D eigenvalue weighted by molar-refractivity contribution is 0.230. The first-order valence-corrected chi connectivity index (χ1v) is 9.52. The van der Waals surface area contributed by atoms with E-state index >= 15 is 0 Å². The quantitative estimate of drug-likeness (QED) is 0.569. The number of rotatable bonds is 8. The molecule has 7 nitrogen and oxygen atoms in total. The highest BCUT2D eigenvalue weighted by Gasteiger charge is 2.19. The highest BCUT2D eigenvalue weighted by molar-refractivity contribution is 5.54. The molecule has 1 unspecified atom stereocenters. The Balaban J connectivity index is 1.26. The van der Waals surface area contributed by atoms with Gasteiger partial charge in [0.25, 0.3) is 0 Å². The summed E-state index contributed by atoms with van der Waals surface area (Å²) in [7, 11) is 0. The molecule has 0 spiro atoms. The van der Waals surface area contributed by atoms with Gasteiger partial charge in [0.2, 0.25) is 5.89 Å². The van der Waals surface area contributed by atoms with Gasteiger partial charge in [0.05, 0.1) is 13.2 Å². The molecular formula is C20H25N5O2. The summed E-state index contributed by atoms with van der Waals surface area (Å²) < 4.78 is 13.2. The zero-order valence-corrected chi connectivity index (χ0v) is 15.6. The van der Waals surface area contributed by atoms with Crippen LogP contribution in [-0.4, -0.2) is 50.4 Å². The molecular weight excluding hydrogens is 342 g/mol. The van der Waals surface area contributed by atoms with Crippen molar-refractivity contribution < 1.29 is 9.15 Å². The van der Waals surface area contributed by atoms with E-state index in [1.165, 1.54) is 25.7 Å². The molecule has 1 atom stereocenters. The Labute approximate surface area is 159 Å². The van der Waals surface area contributed by atoms with E-state index in [-0.39, 0.29) is 0 Å². The molecule has 1 aromatic carbocycles. The molecule has 4 rings (SSSR count). The van der Waals surface area contributed by atoms with Crippen molar-refractivity contribution in [1.82, 2.24) is 24.6 Å². The van der Waals surface area contributed by atoms with Crippen LogP contribution in [0.5, 0.6) is 5.75 Å². The Morgan fingerprint density at radius 1 is 1.26 bits per heavy atom. The molecule has 1 aliphatic rings. The molecule has 0 aliphatic carbocycles. The molecule has 0 saturated carbocycles. The van der Waals surface area contributed by atoms with Gasteiger partial charge in [0.15, 0.2) is 0 Å². The standard InChI is InChI=1S/C20H25N5O2/c1-16-4-2-9-24(16)10-3-11-26-19-7-5-17(6-8-19)20-23-18(13-27-20)12-25-15-21-14-22-25/h5-8,13-16H,2-4,9-12H2,1H3. The summed E-state index contributed by atoms with van der Waals surface area (Å²) >= 11 is 0. The van der Waals surface area contributed by atoms with Crippen molar-refractivity contribution in [1.29, 1.82) is 0 Å². The van der Waals surface area contributed by atoms with Gasteiger partial charge < -0.3 is 14.1 Å². The number of aromatic nitrogens is 4. The number of likely N-dealkylation sites (tertiary alicyclic amines) is 1. The molecule has 3 heterocycles. The van der Waals surface area contributed by atoms with Crippen LogP contribution in [0.4, 0.5) is 0 Å². The lowest BCUT2D eigenvalue weighted by Gasteiger charge is -2.20. The van der Waals surface area contributed by atoms with Crippen molar-refractivity contribution in [3.8, 4) is 17.2 Å². The van der Waals surface area contributed by atoms with Crippen molar-refractivity contribution in [2.45, 2.75) is 38.8 Å². The van der Waals surface area contributed by atoms with Gasteiger partial charge in [-0.15, -0.1) is 0 Å². The van der Waals surface area contributed by atoms with Gasteiger partial charge in [-0.1, -0.05) is 0 Å². The van der Waals surface area contributed by atoms with Gasteiger partial charge in [-0.05, 0) is 57.0 Å². The molecule has 3 aromatic rings. The van der Waals surface area contributed by atoms with E-state index in [4.69, 9.17) is 9.15 Å². The van der Waals surface area contributed by atoms with Crippen LogP contribution < -0.4 is 4.74 Å². The molecule has 1 fully saturated rings. The van der Waals surface area contributed by atoms with Crippen LogP contribution in [0.3, 0.4) is 0 Å². The summed E-state index contributed by atoms with van der Waals surface area (Å²) in [4.78, 5) is 11.0. The number of nitrogens with zero attached hydrogens (tertiary/aromatic N) is 5. The topological polar surface area (TPSA) is 69.2 Å². The Kier molecular flexibility index (Phi) is 5.48.